The topological polar surface area (TPSA) is 112 Å². The van der Waals surface area contributed by atoms with Gasteiger partial charge in [-0.25, -0.2) is 14.8 Å². The molecule has 0 unspecified atom stereocenters. The normalized spacial score (nSPS) is 20.9. The van der Waals surface area contributed by atoms with E-state index in [-0.39, 0.29) is 24.0 Å². The predicted octanol–water partition coefficient (Wildman–Crippen LogP) is 5.91. The van der Waals surface area contributed by atoms with Crippen molar-refractivity contribution in [1.82, 2.24) is 15.3 Å². The summed E-state index contributed by atoms with van der Waals surface area (Å²) >= 11 is 0. The van der Waals surface area contributed by atoms with Gasteiger partial charge in [0, 0.05) is 24.9 Å². The molecular weight excluding hydrogens is 520 g/mol. The van der Waals surface area contributed by atoms with Crippen LogP contribution in [-0.2, 0) is 14.9 Å². The van der Waals surface area contributed by atoms with Crippen molar-refractivity contribution < 1.29 is 23.8 Å². The van der Waals surface area contributed by atoms with Crippen LogP contribution in [0.5, 0.6) is 11.5 Å². The highest BCUT2D eigenvalue weighted by Gasteiger charge is 2.37. The number of methoxy groups -OCH3 is 1. The van der Waals surface area contributed by atoms with Crippen LogP contribution in [0.15, 0.2) is 30.6 Å². The summed E-state index contributed by atoms with van der Waals surface area (Å²) in [5, 5.41) is 5.69. The van der Waals surface area contributed by atoms with Crippen LogP contribution in [0.3, 0.4) is 0 Å². The smallest absolute Gasteiger partial charge is 0.407 e. The Balaban J connectivity index is 1.60. The summed E-state index contributed by atoms with van der Waals surface area (Å²) in [7, 11) is 1.66. The Morgan fingerprint density at radius 2 is 1.73 bits per heavy atom. The van der Waals surface area contributed by atoms with E-state index in [1.807, 2.05) is 26.8 Å². The number of ether oxygens (including phenoxy) is 3. The maximum absolute atomic E-state index is 12.4. The molecule has 9 heteroatoms. The van der Waals surface area contributed by atoms with E-state index in [4.69, 9.17) is 14.2 Å². The molecule has 41 heavy (non-hydrogen) atoms. The molecule has 2 fully saturated rings. The van der Waals surface area contributed by atoms with Gasteiger partial charge in [-0.3, -0.25) is 10.1 Å². The van der Waals surface area contributed by atoms with E-state index in [9.17, 15) is 9.59 Å². The number of amides is 2. The third kappa shape index (κ3) is 8.35. The number of hydrogen-bond acceptors (Lipinski definition) is 7. The van der Waals surface area contributed by atoms with E-state index in [1.54, 1.807) is 26.4 Å². The van der Waals surface area contributed by atoms with E-state index < -0.39 is 17.1 Å². The minimum atomic E-state index is -0.552. The Kier molecular flexibility index (Phi) is 9.74. The van der Waals surface area contributed by atoms with Crippen LogP contribution < -0.4 is 20.1 Å². The molecule has 0 aliphatic heterocycles. The SMILES string of the molecule is CCC(=O)Nc1ncc(C#CC2(c3ccc(OC)c(OC4CCCC4)c3)CCC(NC(=O)OC(C)(C)C)CC2)cn1. The lowest BCUT2D eigenvalue weighted by atomic mass is 9.68. The van der Waals surface area contributed by atoms with E-state index in [1.165, 1.54) is 12.8 Å². The summed E-state index contributed by atoms with van der Waals surface area (Å²) in [5.41, 5.74) is 0.691. The fourth-order valence-electron chi connectivity index (χ4n) is 5.33. The molecule has 1 aromatic carbocycles. The minimum absolute atomic E-state index is 0.00275. The van der Waals surface area contributed by atoms with Crippen molar-refractivity contribution in [3.05, 3.63) is 41.7 Å². The zero-order chi connectivity index (χ0) is 29.5. The molecule has 9 nitrogen and oxygen atoms in total. The highest BCUT2D eigenvalue weighted by atomic mass is 16.6. The Bertz CT molecular complexity index is 1260. The number of nitrogens with zero attached hydrogens (tertiary/aromatic N) is 2. The predicted molar refractivity (Wildman–Crippen MR) is 157 cm³/mol. The standard InChI is InChI=1S/C32H42N4O5/c1-6-28(37)36-29-33-20-22(21-34-29)13-16-32(17-14-24(15-18-32)35-30(38)41-31(2,3)4)23-11-12-26(39-5)27(19-23)40-25-9-7-8-10-25/h11-12,19-21,24-25H,6-10,14-15,17-18H2,1-5H3,(H,35,38)(H,33,34,36,37). The summed E-state index contributed by atoms with van der Waals surface area (Å²) in [6, 6.07) is 6.10. The van der Waals surface area contributed by atoms with Gasteiger partial charge in [-0.15, -0.1) is 0 Å². The van der Waals surface area contributed by atoms with Crippen molar-refractivity contribution in [3.8, 4) is 23.3 Å². The van der Waals surface area contributed by atoms with E-state index >= 15 is 0 Å². The van der Waals surface area contributed by atoms with Crippen LogP contribution in [-0.4, -0.2) is 46.8 Å². The van der Waals surface area contributed by atoms with Gasteiger partial charge in [0.05, 0.1) is 24.2 Å². The lowest BCUT2D eigenvalue weighted by Gasteiger charge is -2.37. The van der Waals surface area contributed by atoms with Crippen molar-refractivity contribution in [2.24, 2.45) is 0 Å². The number of nitrogens with one attached hydrogen (secondary N) is 2. The second-order valence-corrected chi connectivity index (χ2v) is 11.8. The average molecular weight is 563 g/mol. The first kappa shape index (κ1) is 30.2. The first-order valence-electron chi connectivity index (χ1n) is 14.6. The highest BCUT2D eigenvalue weighted by molar-refractivity contribution is 5.88. The van der Waals surface area contributed by atoms with Crippen LogP contribution in [0.4, 0.5) is 10.7 Å². The van der Waals surface area contributed by atoms with Gasteiger partial charge in [0.1, 0.15) is 5.60 Å². The number of benzene rings is 1. The molecule has 4 rings (SSSR count). The maximum Gasteiger partial charge on any atom is 0.407 e. The summed E-state index contributed by atoms with van der Waals surface area (Å²) in [5.74, 6) is 8.40. The van der Waals surface area contributed by atoms with Crippen LogP contribution >= 0.6 is 0 Å². The first-order valence-corrected chi connectivity index (χ1v) is 14.6. The van der Waals surface area contributed by atoms with Crippen LogP contribution in [0.25, 0.3) is 0 Å². The van der Waals surface area contributed by atoms with E-state index in [0.29, 0.717) is 17.7 Å². The van der Waals surface area contributed by atoms with E-state index in [0.717, 1.165) is 49.8 Å². The van der Waals surface area contributed by atoms with Gasteiger partial charge in [0.2, 0.25) is 11.9 Å². The molecule has 2 aliphatic carbocycles. The number of anilines is 1. The van der Waals surface area contributed by atoms with Crippen molar-refractivity contribution in [1.29, 1.82) is 0 Å². The Labute approximate surface area is 243 Å². The molecule has 0 saturated heterocycles. The minimum Gasteiger partial charge on any atom is -0.493 e. The molecule has 0 bridgehead atoms. The van der Waals surface area contributed by atoms with Crippen molar-refractivity contribution in [2.45, 2.75) is 109 Å². The summed E-state index contributed by atoms with van der Waals surface area (Å²) in [6.45, 7) is 7.35. The second-order valence-electron chi connectivity index (χ2n) is 11.8. The molecule has 1 heterocycles. The Morgan fingerprint density at radius 1 is 1.05 bits per heavy atom. The molecule has 1 aromatic heterocycles. The fraction of sp³-hybridized carbons (Fsp3) is 0.562. The molecule has 0 radical (unpaired) electrons. The number of carbonyl (C=O) groups is 2. The number of alkyl carbamates (subject to hydrolysis) is 1. The number of hydrogen-bond donors (Lipinski definition) is 2. The second kappa shape index (κ2) is 13.2. The largest absolute Gasteiger partial charge is 0.493 e. The lowest BCUT2D eigenvalue weighted by Crippen LogP contribution is -2.43. The molecule has 2 aliphatic rings. The zero-order valence-electron chi connectivity index (χ0n) is 24.8. The molecule has 2 N–H and O–H groups in total. The monoisotopic (exact) mass is 562 g/mol. The van der Waals surface area contributed by atoms with Gasteiger partial charge in [0.25, 0.3) is 0 Å². The highest BCUT2D eigenvalue weighted by Crippen LogP contribution is 2.43. The first-order chi connectivity index (χ1) is 19.6. The van der Waals surface area contributed by atoms with Crippen LogP contribution in [0.2, 0.25) is 0 Å². The van der Waals surface area contributed by atoms with Gasteiger partial charge in [-0.1, -0.05) is 24.8 Å². The molecular formula is C32H42N4O5. The third-order valence-electron chi connectivity index (χ3n) is 7.54. The quantitative estimate of drug-likeness (QED) is 0.404. The van der Waals surface area contributed by atoms with Crippen molar-refractivity contribution >= 4 is 17.9 Å². The zero-order valence-corrected chi connectivity index (χ0v) is 24.8. The van der Waals surface area contributed by atoms with Crippen LogP contribution in [0.1, 0.15) is 96.6 Å². The van der Waals surface area contributed by atoms with Crippen molar-refractivity contribution in [3.63, 3.8) is 0 Å². The summed E-state index contributed by atoms with van der Waals surface area (Å²) < 4.78 is 17.5. The Hall–Kier alpha value is -3.80. The summed E-state index contributed by atoms with van der Waals surface area (Å²) in [4.78, 5) is 32.6. The summed E-state index contributed by atoms with van der Waals surface area (Å²) in [6.07, 6.45) is 10.8. The van der Waals surface area contributed by atoms with Gasteiger partial charge in [0.15, 0.2) is 11.5 Å². The van der Waals surface area contributed by atoms with Gasteiger partial charge >= 0.3 is 6.09 Å². The number of carbonyl (C=O) groups excluding carboxylic acids is 2. The van der Waals surface area contributed by atoms with Gasteiger partial charge in [-0.2, -0.15) is 0 Å². The van der Waals surface area contributed by atoms with Gasteiger partial charge in [-0.05, 0) is 89.8 Å². The molecule has 220 valence electrons. The Morgan fingerprint density at radius 3 is 2.34 bits per heavy atom. The fourth-order valence-corrected chi connectivity index (χ4v) is 5.33. The number of rotatable bonds is 7. The maximum atomic E-state index is 12.4. The number of aromatic nitrogens is 2. The van der Waals surface area contributed by atoms with Gasteiger partial charge < -0.3 is 19.5 Å². The van der Waals surface area contributed by atoms with E-state index in [2.05, 4.69) is 44.6 Å². The molecule has 2 saturated carbocycles. The molecule has 0 atom stereocenters. The third-order valence-corrected chi connectivity index (χ3v) is 7.54. The van der Waals surface area contributed by atoms with Crippen LogP contribution in [0, 0.1) is 11.8 Å². The lowest BCUT2D eigenvalue weighted by molar-refractivity contribution is -0.115. The molecule has 2 aromatic rings. The molecule has 0 spiro atoms. The average Bonchev–Trinajstić information content (AvgIpc) is 3.45. The van der Waals surface area contributed by atoms with Crippen molar-refractivity contribution in [2.75, 3.05) is 12.4 Å². The molecule has 2 amide bonds.